The Bertz CT molecular complexity index is 707. The van der Waals surface area contributed by atoms with E-state index in [0.717, 1.165) is 16.2 Å². The summed E-state index contributed by atoms with van der Waals surface area (Å²) in [5.74, 6) is 0.787. The zero-order valence-electron chi connectivity index (χ0n) is 12.4. The topological polar surface area (TPSA) is 46.6 Å². The van der Waals surface area contributed by atoms with E-state index in [1.807, 2.05) is 37.3 Å². The van der Waals surface area contributed by atoms with Gasteiger partial charge in [-0.25, -0.2) is 8.42 Å². The summed E-state index contributed by atoms with van der Waals surface area (Å²) >= 11 is 1.30. The van der Waals surface area contributed by atoms with Crippen LogP contribution >= 0.6 is 11.3 Å². The van der Waals surface area contributed by atoms with Crippen LogP contribution in [0.25, 0.3) is 0 Å². The van der Waals surface area contributed by atoms with Crippen LogP contribution in [0.15, 0.2) is 40.6 Å². The van der Waals surface area contributed by atoms with Crippen LogP contribution in [0.4, 0.5) is 0 Å². The Hall–Kier alpha value is -1.37. The molecule has 0 bridgehead atoms. The second-order valence-electron chi connectivity index (χ2n) is 4.75. The third-order valence-corrected chi connectivity index (χ3v) is 6.59. The first-order valence-electron chi connectivity index (χ1n) is 6.60. The summed E-state index contributed by atoms with van der Waals surface area (Å²) in [4.78, 5) is 0.992. The van der Waals surface area contributed by atoms with E-state index in [-0.39, 0.29) is 0 Å². The van der Waals surface area contributed by atoms with Crippen molar-refractivity contribution in [3.8, 4) is 5.75 Å². The molecule has 1 aromatic heterocycles. The van der Waals surface area contributed by atoms with E-state index in [1.54, 1.807) is 20.2 Å². The fourth-order valence-corrected chi connectivity index (χ4v) is 4.68. The zero-order chi connectivity index (χ0) is 15.5. The molecule has 0 N–H and O–H groups in total. The summed E-state index contributed by atoms with van der Waals surface area (Å²) in [6.07, 6.45) is 0.615. The molecule has 21 heavy (non-hydrogen) atoms. The number of ether oxygens (including phenoxy) is 1. The van der Waals surface area contributed by atoms with E-state index < -0.39 is 10.0 Å². The van der Waals surface area contributed by atoms with Crippen LogP contribution in [0, 0.1) is 6.92 Å². The lowest BCUT2D eigenvalue weighted by atomic mass is 10.1. The van der Waals surface area contributed by atoms with Crippen LogP contribution in [-0.4, -0.2) is 33.4 Å². The Kier molecular flexibility index (Phi) is 5.03. The van der Waals surface area contributed by atoms with Gasteiger partial charge in [-0.3, -0.25) is 0 Å². The molecule has 1 aromatic carbocycles. The summed E-state index contributed by atoms with van der Waals surface area (Å²) in [5, 5.41) is 0. The van der Waals surface area contributed by atoms with Gasteiger partial charge < -0.3 is 4.74 Å². The van der Waals surface area contributed by atoms with Gasteiger partial charge in [0.25, 0.3) is 10.0 Å². The maximum atomic E-state index is 12.4. The Morgan fingerprint density at radius 2 is 1.90 bits per heavy atom. The standard InChI is InChI=1S/C15H19NO3S2/c1-12-8-9-15(20-12)21(17,18)16(2)11-10-13-6-4-5-7-14(13)19-3/h4-9H,10-11H2,1-3H3. The van der Waals surface area contributed by atoms with Crippen LogP contribution in [0.5, 0.6) is 5.75 Å². The van der Waals surface area contributed by atoms with Crippen molar-refractivity contribution >= 4 is 21.4 Å². The Morgan fingerprint density at radius 3 is 2.52 bits per heavy atom. The second kappa shape index (κ2) is 6.60. The predicted octanol–water partition coefficient (Wildman–Crippen LogP) is 2.93. The van der Waals surface area contributed by atoms with Crippen LogP contribution < -0.4 is 4.74 Å². The molecule has 0 aliphatic rings. The molecule has 0 radical (unpaired) electrons. The maximum absolute atomic E-state index is 12.4. The summed E-state index contributed by atoms with van der Waals surface area (Å²) in [6.45, 7) is 2.32. The van der Waals surface area contributed by atoms with Crippen molar-refractivity contribution in [2.75, 3.05) is 20.7 Å². The Balaban J connectivity index is 2.09. The molecule has 0 atom stereocenters. The fraction of sp³-hybridized carbons (Fsp3) is 0.333. The van der Waals surface area contributed by atoms with Crippen molar-refractivity contribution in [1.82, 2.24) is 4.31 Å². The van der Waals surface area contributed by atoms with Crippen molar-refractivity contribution in [3.05, 3.63) is 46.8 Å². The van der Waals surface area contributed by atoms with Crippen molar-refractivity contribution in [2.45, 2.75) is 17.6 Å². The fourth-order valence-electron chi connectivity index (χ4n) is 2.01. The predicted molar refractivity (Wildman–Crippen MR) is 85.6 cm³/mol. The highest BCUT2D eigenvalue weighted by Gasteiger charge is 2.22. The van der Waals surface area contributed by atoms with Gasteiger partial charge in [-0.15, -0.1) is 11.3 Å². The smallest absolute Gasteiger partial charge is 0.252 e. The van der Waals surface area contributed by atoms with Crippen LogP contribution in [0.1, 0.15) is 10.4 Å². The van der Waals surface area contributed by atoms with E-state index in [9.17, 15) is 8.42 Å². The monoisotopic (exact) mass is 325 g/mol. The molecule has 0 spiro atoms. The molecule has 4 nitrogen and oxygen atoms in total. The lowest BCUT2D eigenvalue weighted by Crippen LogP contribution is -2.28. The lowest BCUT2D eigenvalue weighted by Gasteiger charge is -2.16. The summed E-state index contributed by atoms with van der Waals surface area (Å²) in [7, 11) is -0.167. The highest BCUT2D eigenvalue weighted by Crippen LogP contribution is 2.24. The molecule has 0 fully saturated rings. The van der Waals surface area contributed by atoms with E-state index in [4.69, 9.17) is 4.74 Å². The van der Waals surface area contributed by atoms with Gasteiger partial charge in [-0.05, 0) is 37.1 Å². The first-order chi connectivity index (χ1) is 9.95. The number of aryl methyl sites for hydroxylation is 1. The molecule has 0 aliphatic heterocycles. The number of methoxy groups -OCH3 is 1. The number of nitrogens with zero attached hydrogens (tertiary/aromatic N) is 1. The molecule has 0 saturated heterocycles. The molecule has 0 saturated carbocycles. The molecule has 6 heteroatoms. The first-order valence-corrected chi connectivity index (χ1v) is 8.85. The van der Waals surface area contributed by atoms with Gasteiger partial charge >= 0.3 is 0 Å². The number of likely N-dealkylation sites (N-methyl/N-ethyl adjacent to an activating group) is 1. The van der Waals surface area contributed by atoms with E-state index in [1.165, 1.54) is 15.6 Å². The number of thiophene rings is 1. The van der Waals surface area contributed by atoms with E-state index in [0.29, 0.717) is 17.2 Å². The molecule has 2 rings (SSSR count). The van der Waals surface area contributed by atoms with Gasteiger partial charge in [0.2, 0.25) is 0 Å². The highest BCUT2D eigenvalue weighted by molar-refractivity contribution is 7.91. The molecule has 0 aliphatic carbocycles. The van der Waals surface area contributed by atoms with Gasteiger partial charge in [0.15, 0.2) is 0 Å². The van der Waals surface area contributed by atoms with Crippen LogP contribution in [-0.2, 0) is 16.4 Å². The molecule has 114 valence electrons. The minimum absolute atomic E-state index is 0.391. The minimum Gasteiger partial charge on any atom is -0.496 e. The van der Waals surface area contributed by atoms with Crippen molar-refractivity contribution in [3.63, 3.8) is 0 Å². The van der Waals surface area contributed by atoms with Gasteiger partial charge in [0.05, 0.1) is 7.11 Å². The average Bonchev–Trinajstić information content (AvgIpc) is 2.92. The molecular formula is C15H19NO3S2. The van der Waals surface area contributed by atoms with Crippen molar-refractivity contribution < 1.29 is 13.2 Å². The Labute approximate surface area is 130 Å². The molecule has 1 heterocycles. The lowest BCUT2D eigenvalue weighted by molar-refractivity contribution is 0.406. The van der Waals surface area contributed by atoms with Crippen LogP contribution in [0.3, 0.4) is 0 Å². The van der Waals surface area contributed by atoms with Gasteiger partial charge in [-0.2, -0.15) is 4.31 Å². The van der Waals surface area contributed by atoms with Crippen molar-refractivity contribution in [2.24, 2.45) is 0 Å². The van der Waals surface area contributed by atoms with Gasteiger partial charge in [-0.1, -0.05) is 18.2 Å². The largest absolute Gasteiger partial charge is 0.496 e. The summed E-state index contributed by atoms with van der Waals surface area (Å²) in [6, 6.07) is 11.1. The summed E-state index contributed by atoms with van der Waals surface area (Å²) in [5.41, 5.74) is 1.00. The number of rotatable bonds is 6. The third-order valence-electron chi connectivity index (χ3n) is 3.27. The number of hydrogen-bond donors (Lipinski definition) is 0. The van der Waals surface area contributed by atoms with Gasteiger partial charge in [0, 0.05) is 18.5 Å². The molecule has 0 unspecified atom stereocenters. The molecule has 0 amide bonds. The number of sulfonamides is 1. The van der Waals surface area contributed by atoms with Gasteiger partial charge in [0.1, 0.15) is 9.96 Å². The SMILES string of the molecule is COc1ccccc1CCN(C)S(=O)(=O)c1ccc(C)s1. The second-order valence-corrected chi connectivity index (χ2v) is 8.31. The molecule has 2 aromatic rings. The zero-order valence-corrected chi connectivity index (χ0v) is 14.0. The minimum atomic E-state index is -3.40. The maximum Gasteiger partial charge on any atom is 0.252 e. The Morgan fingerprint density at radius 1 is 1.19 bits per heavy atom. The van der Waals surface area contributed by atoms with Crippen LogP contribution in [0.2, 0.25) is 0 Å². The normalized spacial score (nSPS) is 11.8. The van der Waals surface area contributed by atoms with Crippen molar-refractivity contribution in [1.29, 1.82) is 0 Å². The average molecular weight is 325 g/mol. The quantitative estimate of drug-likeness (QED) is 0.820. The number of benzene rings is 1. The highest BCUT2D eigenvalue weighted by atomic mass is 32.2. The number of para-hydroxylation sites is 1. The van der Waals surface area contributed by atoms with E-state index >= 15 is 0 Å². The first kappa shape index (κ1) is 16.0. The third kappa shape index (κ3) is 3.64. The summed E-state index contributed by atoms with van der Waals surface area (Å²) < 4.78 is 31.9. The molecular weight excluding hydrogens is 306 g/mol. The number of hydrogen-bond acceptors (Lipinski definition) is 4. The van der Waals surface area contributed by atoms with E-state index in [2.05, 4.69) is 0 Å².